The Morgan fingerprint density at radius 3 is 2.33 bits per heavy atom. The monoisotopic (exact) mass is 702 g/mol. The number of alkyl carbamates (subject to hydrolysis) is 1. The molecule has 14 heteroatoms. The lowest BCUT2D eigenvalue weighted by Gasteiger charge is -2.30. The van der Waals surface area contributed by atoms with E-state index in [1.54, 1.807) is 17.2 Å². The molecule has 1 aliphatic heterocycles. The van der Waals surface area contributed by atoms with Gasteiger partial charge in [-0.25, -0.2) is 9.78 Å². The molecule has 10 nitrogen and oxygen atoms in total. The molecule has 1 saturated heterocycles. The molecule has 264 valence electrons. The first-order chi connectivity index (χ1) is 23.1. The molecule has 2 heterocycles. The number of alkyl halides is 3. The molecule has 2 N–H and O–H groups in total. The molecule has 6 rings (SSSR count). The zero-order valence-corrected chi connectivity index (χ0v) is 28.7. The van der Waals surface area contributed by atoms with Crippen LogP contribution in [0.4, 0.5) is 18.0 Å². The van der Waals surface area contributed by atoms with Crippen molar-refractivity contribution in [2.24, 2.45) is 17.3 Å². The molecule has 3 atom stereocenters. The lowest BCUT2D eigenvalue weighted by Crippen LogP contribution is -2.51. The summed E-state index contributed by atoms with van der Waals surface area (Å²) in [6, 6.07) is 9.59. The van der Waals surface area contributed by atoms with Crippen LogP contribution in [0, 0.1) is 17.3 Å². The number of imidazole rings is 1. The van der Waals surface area contributed by atoms with Gasteiger partial charge in [0.15, 0.2) is 0 Å². The van der Waals surface area contributed by atoms with E-state index in [1.165, 1.54) is 13.2 Å². The molecule has 1 spiro atoms. The van der Waals surface area contributed by atoms with Gasteiger partial charge in [-0.1, -0.05) is 63.9 Å². The highest BCUT2D eigenvalue weighted by atomic mass is 32.2. The molecule has 0 unspecified atom stereocenters. The number of carbonyl (C=O) groups excluding carboxylic acids is 2. The minimum absolute atomic E-state index is 0.110. The average molecular weight is 703 g/mol. The molecule has 49 heavy (non-hydrogen) atoms. The quantitative estimate of drug-likeness (QED) is 0.193. The third kappa shape index (κ3) is 6.75. The minimum Gasteiger partial charge on any atom is -0.453 e. The van der Waals surface area contributed by atoms with Crippen LogP contribution in [0.15, 0.2) is 42.6 Å². The van der Waals surface area contributed by atoms with Gasteiger partial charge in [-0.15, -0.1) is 0 Å². The van der Waals surface area contributed by atoms with Gasteiger partial charge in [-0.3, -0.25) is 4.79 Å². The van der Waals surface area contributed by atoms with E-state index in [4.69, 9.17) is 9.72 Å². The third-order valence-corrected chi connectivity index (χ3v) is 11.2. The molecule has 2 amide bonds. The summed E-state index contributed by atoms with van der Waals surface area (Å²) in [5.41, 5.74) is -1.10. The summed E-state index contributed by atoms with van der Waals surface area (Å²) in [4.78, 5) is 35.5. The van der Waals surface area contributed by atoms with Crippen LogP contribution in [-0.2, 0) is 32.5 Å². The molecule has 2 fully saturated rings. The normalized spacial score (nSPS) is 20.9. The van der Waals surface area contributed by atoms with Gasteiger partial charge in [-0.2, -0.15) is 21.6 Å². The number of hydrogen-bond acceptors (Lipinski definition) is 7. The smallest absolute Gasteiger partial charge is 0.453 e. The van der Waals surface area contributed by atoms with Crippen LogP contribution < -0.4 is 9.50 Å². The number of methoxy groups -OCH3 is 1. The van der Waals surface area contributed by atoms with Gasteiger partial charge >= 0.3 is 21.7 Å². The number of benzene rings is 2. The second kappa shape index (κ2) is 13.0. The molecule has 0 radical (unpaired) electrons. The van der Waals surface area contributed by atoms with Gasteiger partial charge in [0.2, 0.25) is 5.91 Å². The van der Waals surface area contributed by atoms with Gasteiger partial charge in [0.25, 0.3) is 0 Å². The van der Waals surface area contributed by atoms with Gasteiger partial charge in [0.05, 0.1) is 18.8 Å². The second-order valence-electron chi connectivity index (χ2n) is 14.1. The van der Waals surface area contributed by atoms with Crippen LogP contribution in [0.25, 0.3) is 22.4 Å². The van der Waals surface area contributed by atoms with Crippen LogP contribution in [-0.4, -0.2) is 60.5 Å². The minimum atomic E-state index is -5.80. The molecular weight excluding hydrogens is 661 g/mol. The fourth-order valence-electron chi connectivity index (χ4n) is 7.77. The Kier molecular flexibility index (Phi) is 9.22. The first-order valence-corrected chi connectivity index (χ1v) is 18.0. The number of halogens is 3. The van der Waals surface area contributed by atoms with Gasteiger partial charge < -0.3 is 24.1 Å². The van der Waals surface area contributed by atoms with Crippen LogP contribution in [0.3, 0.4) is 0 Å². The number of nitrogens with zero attached hydrogens (tertiary/aromatic N) is 2. The summed E-state index contributed by atoms with van der Waals surface area (Å²) in [5.74, 6) is 0.256. The summed E-state index contributed by atoms with van der Waals surface area (Å²) < 4.78 is 72.9. The molecule has 3 aromatic rings. The highest BCUT2D eigenvalue weighted by Crippen LogP contribution is 2.53. The number of ether oxygens (including phenoxy) is 1. The number of aromatic amines is 1. The number of rotatable bonds is 8. The van der Waals surface area contributed by atoms with Crippen molar-refractivity contribution in [3.63, 3.8) is 0 Å². The molecule has 2 aliphatic carbocycles. The molecule has 2 aromatic carbocycles. The number of carbonyl (C=O) groups is 2. The number of fused-ring (bicyclic) bond motifs is 1. The number of likely N-dealkylation sites (tertiary alicyclic amines) is 1. The van der Waals surface area contributed by atoms with E-state index in [-0.39, 0.29) is 34.9 Å². The fourth-order valence-corrected chi connectivity index (χ4v) is 8.26. The Morgan fingerprint density at radius 2 is 1.69 bits per heavy atom. The number of H-pyrrole nitrogens is 1. The first-order valence-electron chi connectivity index (χ1n) is 16.6. The Balaban J connectivity index is 1.25. The zero-order chi connectivity index (χ0) is 35.3. The number of nitrogens with one attached hydrogen (secondary N) is 2. The van der Waals surface area contributed by atoms with E-state index in [0.29, 0.717) is 42.9 Å². The van der Waals surface area contributed by atoms with Crippen LogP contribution in [0.5, 0.6) is 5.75 Å². The number of aromatic nitrogens is 2. The predicted molar refractivity (Wildman–Crippen MR) is 176 cm³/mol. The standard InChI is InChI=1S/C35H41F3N4O6S/c1-20(2)30(41-33(44)47-4)32(43)42-19-21(3)15-28(42)31-39-18-27(40-31)23-9-7-22(8-10-23)24-11-12-29(48-49(45,46)35(36,37)38)26-17-34(16-25(24)26)13-5-6-14-34/h7-12,18,20-21,28,30H,5-6,13-17,19H2,1-4H3,(H,39,40)(H,41,44)/t21-,28-,30+/m0/s1. The van der Waals surface area contributed by atoms with Crippen molar-refractivity contribution in [1.29, 1.82) is 0 Å². The van der Waals surface area contributed by atoms with Crippen molar-refractivity contribution in [1.82, 2.24) is 20.2 Å². The van der Waals surface area contributed by atoms with Crippen LogP contribution >= 0.6 is 0 Å². The summed E-state index contributed by atoms with van der Waals surface area (Å²) in [5, 5.41) is 2.67. The maximum atomic E-state index is 13.6. The Hall–Kier alpha value is -4.07. The lowest BCUT2D eigenvalue weighted by atomic mass is 9.83. The van der Waals surface area contributed by atoms with Crippen molar-refractivity contribution < 1.29 is 40.1 Å². The highest BCUT2D eigenvalue weighted by Gasteiger charge is 2.50. The molecule has 3 aliphatic rings. The van der Waals surface area contributed by atoms with Gasteiger partial charge in [0, 0.05) is 23.9 Å². The maximum absolute atomic E-state index is 13.6. The van der Waals surface area contributed by atoms with Gasteiger partial charge in [0.1, 0.15) is 17.6 Å². The van der Waals surface area contributed by atoms with E-state index in [0.717, 1.165) is 47.9 Å². The zero-order valence-electron chi connectivity index (χ0n) is 27.9. The predicted octanol–water partition coefficient (Wildman–Crippen LogP) is 6.92. The van der Waals surface area contributed by atoms with Crippen LogP contribution in [0.1, 0.15) is 75.9 Å². The third-order valence-electron chi connectivity index (χ3n) is 10.2. The average Bonchev–Trinajstić information content (AvgIpc) is 3.86. The number of amides is 2. The molecule has 1 saturated carbocycles. The van der Waals surface area contributed by atoms with Crippen molar-refractivity contribution in [2.75, 3.05) is 13.7 Å². The van der Waals surface area contributed by atoms with E-state index in [2.05, 4.69) is 21.4 Å². The fraction of sp³-hybridized carbons (Fsp3) is 0.514. The van der Waals surface area contributed by atoms with E-state index in [1.807, 2.05) is 38.1 Å². The van der Waals surface area contributed by atoms with Crippen molar-refractivity contribution in [3.05, 3.63) is 59.5 Å². The summed E-state index contributed by atoms with van der Waals surface area (Å²) in [6.45, 7) is 6.32. The summed E-state index contributed by atoms with van der Waals surface area (Å²) in [7, 11) is -4.55. The lowest BCUT2D eigenvalue weighted by molar-refractivity contribution is -0.135. The SMILES string of the molecule is COC(=O)N[C@@H](C(=O)N1C[C@@H](C)C[C@H]1c1nc(-c2ccc(-c3ccc(OS(=O)(=O)C(F)(F)F)c4c3CC3(CCCC3)C4)cc2)c[nH]1)C(C)C. The molecule has 1 aromatic heterocycles. The second-order valence-corrected chi connectivity index (χ2v) is 15.6. The van der Waals surface area contributed by atoms with E-state index < -0.39 is 27.8 Å². The Morgan fingerprint density at radius 1 is 1.04 bits per heavy atom. The summed E-state index contributed by atoms with van der Waals surface area (Å²) in [6.07, 6.45) is 6.85. The van der Waals surface area contributed by atoms with Crippen molar-refractivity contribution >= 4 is 22.1 Å². The summed E-state index contributed by atoms with van der Waals surface area (Å²) >= 11 is 0. The Bertz CT molecular complexity index is 1830. The largest absolute Gasteiger partial charge is 0.534 e. The maximum Gasteiger partial charge on any atom is 0.534 e. The van der Waals surface area contributed by atoms with Crippen LogP contribution in [0.2, 0.25) is 0 Å². The molecule has 0 bridgehead atoms. The Labute approximate surface area is 283 Å². The van der Waals surface area contributed by atoms with E-state index in [9.17, 15) is 31.2 Å². The van der Waals surface area contributed by atoms with Crippen molar-refractivity contribution in [2.45, 2.75) is 83.3 Å². The highest BCUT2D eigenvalue weighted by molar-refractivity contribution is 7.88. The topological polar surface area (TPSA) is 131 Å². The van der Waals surface area contributed by atoms with Crippen molar-refractivity contribution in [3.8, 4) is 28.1 Å². The van der Waals surface area contributed by atoms with Gasteiger partial charge in [-0.05, 0) is 72.1 Å². The number of hydrogen-bond donors (Lipinski definition) is 2. The molecular formula is C35H41F3N4O6S. The first kappa shape index (κ1) is 34.8. The van der Waals surface area contributed by atoms with E-state index >= 15 is 0 Å².